The van der Waals surface area contributed by atoms with E-state index in [4.69, 9.17) is 11.6 Å². The second-order valence-corrected chi connectivity index (χ2v) is 4.56. The van der Waals surface area contributed by atoms with Crippen LogP contribution in [0.3, 0.4) is 0 Å². The molecule has 102 valence electrons. The molecule has 1 unspecified atom stereocenters. The average Bonchev–Trinajstić information content (AvgIpc) is 2.25. The molecule has 0 aliphatic heterocycles. The van der Waals surface area contributed by atoms with Crippen molar-refractivity contribution in [2.75, 3.05) is 7.05 Å². The summed E-state index contributed by atoms with van der Waals surface area (Å²) in [6.45, 7) is 3.20. The van der Waals surface area contributed by atoms with E-state index in [9.17, 15) is 17.6 Å². The zero-order valence-electron chi connectivity index (χ0n) is 10.2. The van der Waals surface area contributed by atoms with Gasteiger partial charge in [0.1, 0.15) is 6.04 Å². The van der Waals surface area contributed by atoms with Crippen molar-refractivity contribution in [1.29, 1.82) is 0 Å². The first-order valence-electron chi connectivity index (χ1n) is 5.31. The zero-order valence-corrected chi connectivity index (χ0v) is 11.0. The Morgan fingerprint density at radius 1 is 1.17 bits per heavy atom. The standard InChI is InChI=1S/C12H14ClF4N/c1-6-5-9(13)7(2)4-8(6)10(18-3)12(16,17)11(14)15/h4-5,10-11,18H,1-3H3. The maximum Gasteiger partial charge on any atom is 0.326 e. The lowest BCUT2D eigenvalue weighted by Gasteiger charge is -2.27. The summed E-state index contributed by atoms with van der Waals surface area (Å²) >= 11 is 5.85. The molecule has 0 fully saturated rings. The largest absolute Gasteiger partial charge is 0.326 e. The second kappa shape index (κ2) is 5.45. The number of benzene rings is 1. The van der Waals surface area contributed by atoms with Gasteiger partial charge in [0, 0.05) is 5.02 Å². The molecule has 0 bridgehead atoms. The van der Waals surface area contributed by atoms with Gasteiger partial charge in [0.05, 0.1) is 0 Å². The Kier molecular flexibility index (Phi) is 4.61. The van der Waals surface area contributed by atoms with E-state index in [2.05, 4.69) is 5.32 Å². The van der Waals surface area contributed by atoms with Gasteiger partial charge in [-0.1, -0.05) is 17.7 Å². The van der Waals surface area contributed by atoms with Crippen LogP contribution >= 0.6 is 11.6 Å². The SMILES string of the molecule is CNC(c1cc(C)c(Cl)cc1C)C(F)(F)C(F)F. The van der Waals surface area contributed by atoms with Crippen LogP contribution in [-0.4, -0.2) is 19.4 Å². The smallest absolute Gasteiger partial charge is 0.308 e. The van der Waals surface area contributed by atoms with Crippen LogP contribution in [0.2, 0.25) is 5.02 Å². The van der Waals surface area contributed by atoms with Crippen molar-refractivity contribution in [2.45, 2.75) is 32.2 Å². The molecule has 0 heterocycles. The highest BCUT2D eigenvalue weighted by Crippen LogP contribution is 2.38. The van der Waals surface area contributed by atoms with E-state index >= 15 is 0 Å². The van der Waals surface area contributed by atoms with Crippen molar-refractivity contribution in [3.05, 3.63) is 33.8 Å². The molecule has 18 heavy (non-hydrogen) atoms. The Bertz CT molecular complexity index is 434. The predicted octanol–water partition coefficient (Wildman–Crippen LogP) is 4.12. The summed E-state index contributed by atoms with van der Waals surface area (Å²) in [6.07, 6.45) is -3.73. The minimum Gasteiger partial charge on any atom is -0.308 e. The van der Waals surface area contributed by atoms with E-state index in [1.165, 1.54) is 19.2 Å². The summed E-state index contributed by atoms with van der Waals surface area (Å²) in [5, 5.41) is 2.68. The number of hydrogen-bond acceptors (Lipinski definition) is 1. The molecule has 0 aliphatic rings. The summed E-state index contributed by atoms with van der Waals surface area (Å²) in [5.74, 6) is -4.14. The van der Waals surface area contributed by atoms with Gasteiger partial charge in [0.15, 0.2) is 0 Å². The van der Waals surface area contributed by atoms with Gasteiger partial charge in [-0.2, -0.15) is 8.78 Å². The maximum atomic E-state index is 13.5. The van der Waals surface area contributed by atoms with Crippen LogP contribution in [0.25, 0.3) is 0 Å². The molecule has 0 radical (unpaired) electrons. The normalized spacial score (nSPS) is 14.1. The van der Waals surface area contributed by atoms with Crippen molar-refractivity contribution in [2.24, 2.45) is 0 Å². The number of nitrogens with one attached hydrogen (secondary N) is 1. The molecule has 1 nitrogen and oxygen atoms in total. The molecule has 0 spiro atoms. The molecule has 1 N–H and O–H groups in total. The van der Waals surface area contributed by atoms with Crippen molar-refractivity contribution < 1.29 is 17.6 Å². The fourth-order valence-electron chi connectivity index (χ4n) is 1.80. The van der Waals surface area contributed by atoms with Crippen molar-refractivity contribution in [3.8, 4) is 0 Å². The first-order valence-corrected chi connectivity index (χ1v) is 5.69. The summed E-state index contributed by atoms with van der Waals surface area (Å²) < 4.78 is 51.8. The van der Waals surface area contributed by atoms with Gasteiger partial charge in [-0.3, -0.25) is 0 Å². The first kappa shape index (κ1) is 15.2. The molecular weight excluding hydrogens is 270 g/mol. The highest BCUT2D eigenvalue weighted by Gasteiger charge is 2.49. The van der Waals surface area contributed by atoms with Gasteiger partial charge in [0.2, 0.25) is 0 Å². The molecule has 0 amide bonds. The number of rotatable bonds is 4. The fourth-order valence-corrected chi connectivity index (χ4v) is 2.01. The Morgan fingerprint density at radius 2 is 1.72 bits per heavy atom. The van der Waals surface area contributed by atoms with Crippen LogP contribution in [0.15, 0.2) is 12.1 Å². The molecule has 1 atom stereocenters. The van der Waals surface area contributed by atoms with E-state index in [1.807, 2.05) is 0 Å². The molecule has 1 rings (SSSR count). The van der Waals surface area contributed by atoms with Crippen molar-refractivity contribution >= 4 is 11.6 Å². The lowest BCUT2D eigenvalue weighted by Crippen LogP contribution is -2.41. The van der Waals surface area contributed by atoms with Crippen molar-refractivity contribution in [1.82, 2.24) is 5.32 Å². The highest BCUT2D eigenvalue weighted by molar-refractivity contribution is 6.31. The van der Waals surface area contributed by atoms with Gasteiger partial charge in [-0.15, -0.1) is 0 Å². The summed E-state index contributed by atoms with van der Waals surface area (Å²) in [5.41, 5.74) is 1.15. The van der Waals surface area contributed by atoms with Gasteiger partial charge in [0.25, 0.3) is 0 Å². The number of halogens is 5. The fraction of sp³-hybridized carbons (Fsp3) is 0.500. The van der Waals surface area contributed by atoms with Crippen LogP contribution < -0.4 is 5.32 Å². The molecule has 0 saturated heterocycles. The minimum absolute atomic E-state index is 0.129. The minimum atomic E-state index is -4.14. The summed E-state index contributed by atoms with van der Waals surface area (Å²) in [7, 11) is 1.23. The molecule has 0 aromatic heterocycles. The van der Waals surface area contributed by atoms with E-state index in [1.54, 1.807) is 13.8 Å². The van der Waals surface area contributed by atoms with E-state index in [0.717, 1.165) is 0 Å². The van der Waals surface area contributed by atoms with Crippen LogP contribution in [0.4, 0.5) is 17.6 Å². The van der Waals surface area contributed by atoms with Gasteiger partial charge in [-0.05, 0) is 43.7 Å². The van der Waals surface area contributed by atoms with E-state index in [0.29, 0.717) is 16.1 Å². The monoisotopic (exact) mass is 283 g/mol. The zero-order chi connectivity index (χ0) is 14.1. The average molecular weight is 284 g/mol. The lowest BCUT2D eigenvalue weighted by atomic mass is 9.94. The third-order valence-corrected chi connectivity index (χ3v) is 3.23. The third-order valence-electron chi connectivity index (χ3n) is 2.82. The molecule has 6 heteroatoms. The number of alkyl halides is 4. The number of hydrogen-bond donors (Lipinski definition) is 1. The second-order valence-electron chi connectivity index (χ2n) is 4.15. The number of aryl methyl sites for hydroxylation is 2. The Balaban J connectivity index is 3.30. The maximum absolute atomic E-state index is 13.5. The van der Waals surface area contributed by atoms with Crippen LogP contribution in [0.1, 0.15) is 22.7 Å². The summed E-state index contributed by atoms with van der Waals surface area (Å²) in [6, 6.07) is 1.17. The molecule has 0 saturated carbocycles. The Labute approximate surface area is 108 Å². The first-order chi connectivity index (χ1) is 8.21. The highest BCUT2D eigenvalue weighted by atomic mass is 35.5. The third kappa shape index (κ3) is 2.78. The summed E-state index contributed by atoms with van der Waals surface area (Å²) in [4.78, 5) is 0. The van der Waals surface area contributed by atoms with Crippen LogP contribution in [-0.2, 0) is 0 Å². The van der Waals surface area contributed by atoms with Crippen molar-refractivity contribution in [3.63, 3.8) is 0 Å². The van der Waals surface area contributed by atoms with Crippen LogP contribution in [0.5, 0.6) is 0 Å². The van der Waals surface area contributed by atoms with Crippen LogP contribution in [0, 0.1) is 13.8 Å². The molecule has 1 aromatic rings. The molecule has 0 aliphatic carbocycles. The van der Waals surface area contributed by atoms with Gasteiger partial charge >= 0.3 is 12.3 Å². The Hall–Kier alpha value is -0.810. The lowest BCUT2D eigenvalue weighted by molar-refractivity contribution is -0.150. The molecular formula is C12H14ClF4N. The van der Waals surface area contributed by atoms with E-state index < -0.39 is 18.4 Å². The van der Waals surface area contributed by atoms with Gasteiger partial charge in [-0.25, -0.2) is 8.78 Å². The predicted molar refractivity (Wildman–Crippen MR) is 63.7 cm³/mol. The topological polar surface area (TPSA) is 12.0 Å². The quantitative estimate of drug-likeness (QED) is 0.820. The van der Waals surface area contributed by atoms with Gasteiger partial charge < -0.3 is 5.32 Å². The van der Waals surface area contributed by atoms with E-state index in [-0.39, 0.29) is 5.56 Å². The Morgan fingerprint density at radius 3 is 2.17 bits per heavy atom. The molecule has 1 aromatic carbocycles.